The molecule has 0 saturated heterocycles. The predicted molar refractivity (Wildman–Crippen MR) is 105 cm³/mol. The number of ether oxygens (including phenoxy) is 2. The predicted octanol–water partition coefficient (Wildman–Crippen LogP) is 1.22. The van der Waals surface area contributed by atoms with E-state index < -0.39 is 25.2 Å². The largest absolute Gasteiger partial charge is 0.451 e. The first kappa shape index (κ1) is 21.7. The molecule has 0 aromatic carbocycles. The molecule has 2 fully saturated rings. The molecule has 0 unspecified atom stereocenters. The number of esters is 2. The molecule has 1 aromatic heterocycles. The Bertz CT molecular complexity index is 755. The quantitative estimate of drug-likeness (QED) is 0.549. The number of aromatic nitrogens is 1. The minimum Gasteiger partial charge on any atom is -0.451 e. The van der Waals surface area contributed by atoms with E-state index >= 15 is 0 Å². The lowest BCUT2D eigenvalue weighted by Crippen LogP contribution is -2.37. The van der Waals surface area contributed by atoms with Crippen LogP contribution in [0.25, 0.3) is 0 Å². The van der Waals surface area contributed by atoms with Crippen LogP contribution in [0.5, 0.6) is 0 Å². The van der Waals surface area contributed by atoms with Crippen LogP contribution in [-0.2, 0) is 19.1 Å². The highest BCUT2D eigenvalue weighted by Crippen LogP contribution is 2.32. The summed E-state index contributed by atoms with van der Waals surface area (Å²) in [6.07, 6.45) is 4.37. The Morgan fingerprint density at radius 2 is 1.27 bits per heavy atom. The average molecular weight is 417 g/mol. The molecule has 1 heterocycles. The molecule has 0 spiro atoms. The molecule has 162 valence electrons. The zero-order valence-corrected chi connectivity index (χ0v) is 17.2. The van der Waals surface area contributed by atoms with Gasteiger partial charge in [0.15, 0.2) is 13.2 Å². The number of nitrogens with zero attached hydrogens (tertiary/aromatic N) is 1. The molecule has 2 aliphatic carbocycles. The van der Waals surface area contributed by atoms with Gasteiger partial charge < -0.3 is 20.1 Å². The van der Waals surface area contributed by atoms with Gasteiger partial charge >= 0.3 is 11.9 Å². The Morgan fingerprint density at radius 1 is 0.867 bits per heavy atom. The highest BCUT2D eigenvalue weighted by atomic mass is 16.5. The zero-order chi connectivity index (χ0) is 21.7. The monoisotopic (exact) mass is 417 g/mol. The number of hydrogen-bond donors (Lipinski definition) is 2. The lowest BCUT2D eigenvalue weighted by Gasteiger charge is -2.13. The third kappa shape index (κ3) is 6.53. The zero-order valence-electron chi connectivity index (χ0n) is 17.2. The van der Waals surface area contributed by atoms with Gasteiger partial charge in [0.2, 0.25) is 0 Å². The fraction of sp³-hybridized carbons (Fsp3) is 0.571. The van der Waals surface area contributed by atoms with Crippen molar-refractivity contribution in [2.45, 2.75) is 51.6 Å². The summed E-state index contributed by atoms with van der Waals surface area (Å²) in [5.74, 6) is -1.43. The van der Waals surface area contributed by atoms with Crippen LogP contribution in [0.3, 0.4) is 0 Å². The third-order valence-corrected chi connectivity index (χ3v) is 5.27. The van der Waals surface area contributed by atoms with Crippen LogP contribution in [0.15, 0.2) is 18.2 Å². The van der Waals surface area contributed by atoms with Crippen LogP contribution in [0.1, 0.15) is 60.5 Å². The smallest absolute Gasteiger partial charge is 0.357 e. The molecule has 0 aliphatic heterocycles. The van der Waals surface area contributed by atoms with E-state index in [1.807, 2.05) is 13.8 Å². The molecule has 9 nitrogen and oxygen atoms in total. The van der Waals surface area contributed by atoms with Crippen molar-refractivity contribution in [2.75, 3.05) is 13.2 Å². The van der Waals surface area contributed by atoms with Crippen LogP contribution < -0.4 is 10.6 Å². The summed E-state index contributed by atoms with van der Waals surface area (Å²) >= 11 is 0. The maximum Gasteiger partial charge on any atom is 0.357 e. The first-order chi connectivity index (χ1) is 14.3. The van der Waals surface area contributed by atoms with Crippen LogP contribution in [0.4, 0.5) is 0 Å². The fourth-order valence-corrected chi connectivity index (χ4v) is 3.09. The van der Waals surface area contributed by atoms with Gasteiger partial charge in [-0.2, -0.15) is 0 Å². The molecular weight excluding hydrogens is 390 g/mol. The summed E-state index contributed by atoms with van der Waals surface area (Å²) in [4.78, 5) is 51.9. The van der Waals surface area contributed by atoms with Gasteiger partial charge in [-0.05, 0) is 63.5 Å². The second kappa shape index (κ2) is 9.69. The second-order valence-electron chi connectivity index (χ2n) is 7.95. The molecule has 30 heavy (non-hydrogen) atoms. The van der Waals surface area contributed by atoms with E-state index in [2.05, 4.69) is 15.6 Å². The van der Waals surface area contributed by atoms with Gasteiger partial charge in [-0.1, -0.05) is 6.07 Å². The molecule has 0 radical (unpaired) electrons. The van der Waals surface area contributed by atoms with Gasteiger partial charge in [0, 0.05) is 12.1 Å². The van der Waals surface area contributed by atoms with Crippen molar-refractivity contribution in [2.24, 2.45) is 11.8 Å². The van der Waals surface area contributed by atoms with Gasteiger partial charge in [-0.15, -0.1) is 0 Å². The lowest BCUT2D eigenvalue weighted by atomic mass is 10.2. The van der Waals surface area contributed by atoms with Crippen LogP contribution in [0, 0.1) is 11.8 Å². The summed E-state index contributed by atoms with van der Waals surface area (Å²) in [6.45, 7) is 2.99. The van der Waals surface area contributed by atoms with E-state index in [0.717, 1.165) is 25.7 Å². The SMILES string of the molecule is C[C@H](NC(=O)COC(=O)c1cccc(C(=O)OCC(=O)N[C@H](C)C2CC2)n1)C1CC1. The standard InChI is InChI=1S/C21H27N3O6/c1-12(14-6-7-14)22-18(25)10-29-20(27)16-4-3-5-17(24-16)21(28)30-11-19(26)23-13(2)15-8-9-15/h3-5,12-15H,6-11H2,1-2H3,(H,22,25)(H,23,26)/t12-,13+. The second-order valence-corrected chi connectivity index (χ2v) is 7.95. The van der Waals surface area contributed by atoms with Crippen molar-refractivity contribution in [1.82, 2.24) is 15.6 Å². The minimum atomic E-state index is -0.824. The fourth-order valence-electron chi connectivity index (χ4n) is 3.09. The number of amides is 2. The van der Waals surface area contributed by atoms with E-state index in [-0.39, 0.29) is 35.3 Å². The normalized spacial score (nSPS) is 17.4. The van der Waals surface area contributed by atoms with Crippen LogP contribution in [-0.4, -0.2) is 54.0 Å². The van der Waals surface area contributed by atoms with Crippen molar-refractivity contribution in [3.63, 3.8) is 0 Å². The Hall–Kier alpha value is -2.97. The Kier molecular flexibility index (Phi) is 7.02. The van der Waals surface area contributed by atoms with Crippen molar-refractivity contribution in [3.05, 3.63) is 29.6 Å². The van der Waals surface area contributed by atoms with E-state index in [4.69, 9.17) is 9.47 Å². The van der Waals surface area contributed by atoms with Gasteiger partial charge in [-0.25, -0.2) is 14.6 Å². The summed E-state index contributed by atoms with van der Waals surface area (Å²) in [5.41, 5.74) is -0.251. The summed E-state index contributed by atoms with van der Waals surface area (Å²) in [5, 5.41) is 5.56. The van der Waals surface area contributed by atoms with Gasteiger partial charge in [0.25, 0.3) is 11.8 Å². The van der Waals surface area contributed by atoms with Crippen molar-refractivity contribution in [3.8, 4) is 0 Å². The lowest BCUT2D eigenvalue weighted by molar-refractivity contribution is -0.125. The van der Waals surface area contributed by atoms with Crippen LogP contribution in [0.2, 0.25) is 0 Å². The summed E-state index contributed by atoms with van der Waals surface area (Å²) < 4.78 is 9.93. The molecule has 1 aromatic rings. The van der Waals surface area contributed by atoms with Gasteiger partial charge in [0.1, 0.15) is 11.4 Å². The van der Waals surface area contributed by atoms with Crippen molar-refractivity contribution in [1.29, 1.82) is 0 Å². The molecule has 9 heteroatoms. The number of pyridine rings is 1. The molecule has 2 atom stereocenters. The van der Waals surface area contributed by atoms with Gasteiger partial charge in [0.05, 0.1) is 0 Å². The first-order valence-corrected chi connectivity index (χ1v) is 10.2. The Labute approximate surface area is 174 Å². The van der Waals surface area contributed by atoms with Crippen LogP contribution >= 0.6 is 0 Å². The maximum absolute atomic E-state index is 12.1. The molecule has 2 aliphatic rings. The summed E-state index contributed by atoms with van der Waals surface area (Å²) in [7, 11) is 0. The van der Waals surface area contributed by atoms with E-state index in [1.54, 1.807) is 0 Å². The number of hydrogen-bond acceptors (Lipinski definition) is 7. The molecule has 2 N–H and O–H groups in total. The van der Waals surface area contributed by atoms with Crippen molar-refractivity contribution >= 4 is 23.8 Å². The number of rotatable bonds is 10. The molecular formula is C21H27N3O6. The number of carbonyl (C=O) groups excluding carboxylic acids is 4. The third-order valence-electron chi connectivity index (χ3n) is 5.27. The molecule has 2 saturated carbocycles. The highest BCUT2D eigenvalue weighted by molar-refractivity contribution is 5.93. The topological polar surface area (TPSA) is 124 Å². The van der Waals surface area contributed by atoms with Crippen molar-refractivity contribution < 1.29 is 28.7 Å². The highest BCUT2D eigenvalue weighted by Gasteiger charge is 2.30. The number of nitrogens with one attached hydrogen (secondary N) is 2. The Balaban J connectivity index is 1.44. The molecule has 0 bridgehead atoms. The van der Waals surface area contributed by atoms with Gasteiger partial charge in [-0.3, -0.25) is 9.59 Å². The van der Waals surface area contributed by atoms with E-state index in [9.17, 15) is 19.2 Å². The maximum atomic E-state index is 12.1. The molecule has 2 amide bonds. The van der Waals surface area contributed by atoms with E-state index in [0.29, 0.717) is 11.8 Å². The summed E-state index contributed by atoms with van der Waals surface area (Å²) in [6, 6.07) is 4.29. The van der Waals surface area contributed by atoms with E-state index in [1.165, 1.54) is 18.2 Å². The first-order valence-electron chi connectivity index (χ1n) is 10.2. The molecule has 3 rings (SSSR count). The average Bonchev–Trinajstić information content (AvgIpc) is 3.62. The Morgan fingerprint density at radius 3 is 1.63 bits per heavy atom. The minimum absolute atomic E-state index is 0.0527. The number of carbonyl (C=O) groups is 4.